The van der Waals surface area contributed by atoms with Gasteiger partial charge in [0.25, 0.3) is 0 Å². The first-order valence-electron chi connectivity index (χ1n) is 12.6. The van der Waals surface area contributed by atoms with E-state index >= 15 is 0 Å². The van der Waals surface area contributed by atoms with E-state index in [1.54, 1.807) is 14.2 Å². The summed E-state index contributed by atoms with van der Waals surface area (Å²) < 4.78 is 23.0. The van der Waals surface area contributed by atoms with E-state index < -0.39 is 6.16 Å². The number of hydrogen-bond acceptors (Lipinski definition) is 9. The second-order valence-corrected chi connectivity index (χ2v) is 9.12. The third-order valence-corrected chi connectivity index (χ3v) is 6.51. The molecule has 36 heavy (non-hydrogen) atoms. The van der Waals surface area contributed by atoms with Gasteiger partial charge in [0.15, 0.2) is 23.0 Å². The van der Waals surface area contributed by atoms with E-state index in [0.717, 1.165) is 36.8 Å². The molecule has 0 bridgehead atoms. The summed E-state index contributed by atoms with van der Waals surface area (Å²) in [6.45, 7) is 0.584. The van der Waals surface area contributed by atoms with Crippen LogP contribution < -0.4 is 29.9 Å². The van der Waals surface area contributed by atoms with Crippen molar-refractivity contribution in [3.05, 3.63) is 47.5 Å². The molecule has 0 heterocycles. The lowest BCUT2D eigenvalue weighted by atomic mass is 10.2. The number of methoxy groups -OCH3 is 2. The van der Waals surface area contributed by atoms with Gasteiger partial charge in [-0.1, -0.05) is 12.1 Å². The summed E-state index contributed by atoms with van der Waals surface area (Å²) in [6, 6.07) is 11.3. The first-order chi connectivity index (χ1) is 17.6. The first kappa shape index (κ1) is 25.9. The van der Waals surface area contributed by atoms with E-state index in [1.165, 1.54) is 25.7 Å². The van der Waals surface area contributed by atoms with Crippen LogP contribution in [-0.2, 0) is 22.8 Å². The normalized spacial score (nSPS) is 16.1. The molecule has 9 nitrogen and oxygen atoms in total. The first-order valence-corrected chi connectivity index (χ1v) is 12.6. The Kier molecular flexibility index (Phi) is 9.52. The second kappa shape index (κ2) is 13.2. The van der Waals surface area contributed by atoms with Gasteiger partial charge in [0.2, 0.25) is 0 Å². The van der Waals surface area contributed by atoms with Crippen LogP contribution in [0.4, 0.5) is 4.79 Å². The van der Waals surface area contributed by atoms with E-state index in [0.29, 0.717) is 36.1 Å². The van der Waals surface area contributed by atoms with Crippen molar-refractivity contribution >= 4 is 6.16 Å². The average Bonchev–Trinajstić information content (AvgIpc) is 3.59. The highest BCUT2D eigenvalue weighted by atomic mass is 16.9. The van der Waals surface area contributed by atoms with Gasteiger partial charge in [-0.25, -0.2) is 0 Å². The molecule has 0 spiro atoms. The summed E-state index contributed by atoms with van der Waals surface area (Å²) in [4.78, 5) is 21.9. The Hall–Kier alpha value is -3.17. The average molecular weight is 501 g/mol. The van der Waals surface area contributed by atoms with E-state index in [2.05, 4.69) is 11.0 Å². The van der Waals surface area contributed by atoms with Crippen molar-refractivity contribution in [1.29, 1.82) is 0 Å². The van der Waals surface area contributed by atoms with Crippen LogP contribution >= 0.6 is 0 Å². The van der Waals surface area contributed by atoms with E-state index in [-0.39, 0.29) is 12.2 Å². The molecule has 2 aliphatic rings. The molecule has 2 N–H and O–H groups in total. The van der Waals surface area contributed by atoms with Crippen molar-refractivity contribution in [1.82, 2.24) is 11.0 Å². The molecule has 2 aromatic carbocycles. The highest BCUT2D eigenvalue weighted by Crippen LogP contribution is 2.33. The Morgan fingerprint density at radius 3 is 1.50 bits per heavy atom. The van der Waals surface area contributed by atoms with Gasteiger partial charge in [-0.2, -0.15) is 4.79 Å². The number of nitrogens with one attached hydrogen (secondary N) is 2. The van der Waals surface area contributed by atoms with Gasteiger partial charge in [-0.3, -0.25) is 0 Å². The zero-order valence-corrected chi connectivity index (χ0v) is 21.0. The fourth-order valence-corrected chi connectivity index (χ4v) is 4.60. The third-order valence-electron chi connectivity index (χ3n) is 6.51. The quantitative estimate of drug-likeness (QED) is 0.381. The summed E-state index contributed by atoms with van der Waals surface area (Å²) in [5, 5.41) is 0. The Labute approximate surface area is 212 Å². The highest BCUT2D eigenvalue weighted by Gasteiger charge is 2.20. The number of carbonyl (C=O) groups is 1. The topological polar surface area (TPSA) is 96.5 Å². The maximum atomic E-state index is 12.0. The molecule has 0 unspecified atom stereocenters. The van der Waals surface area contributed by atoms with Gasteiger partial charge in [0.1, 0.15) is 0 Å². The molecule has 0 amide bonds. The van der Waals surface area contributed by atoms with Gasteiger partial charge in [-0.15, -0.1) is 11.0 Å². The zero-order chi connectivity index (χ0) is 25.2. The fourth-order valence-electron chi connectivity index (χ4n) is 4.60. The summed E-state index contributed by atoms with van der Waals surface area (Å²) in [7, 11) is 3.24. The fraction of sp³-hybridized carbons (Fsp3) is 0.519. The monoisotopic (exact) mass is 500 g/mol. The molecule has 0 atom stereocenters. The van der Waals surface area contributed by atoms with Gasteiger partial charge in [-0.05, 0) is 86.8 Å². The molecule has 196 valence electrons. The smallest absolute Gasteiger partial charge is 0.493 e. The highest BCUT2D eigenvalue weighted by molar-refractivity contribution is 5.59. The van der Waals surface area contributed by atoms with Crippen molar-refractivity contribution in [2.45, 2.75) is 76.7 Å². The number of hydroxylamine groups is 2. The molecule has 2 fully saturated rings. The molecule has 0 saturated heterocycles. The molecular weight excluding hydrogens is 464 g/mol. The van der Waals surface area contributed by atoms with E-state index in [4.69, 9.17) is 28.6 Å². The molecule has 0 aliphatic heterocycles. The Balaban J connectivity index is 1.20. The number of benzene rings is 2. The van der Waals surface area contributed by atoms with Crippen molar-refractivity contribution in [3.63, 3.8) is 0 Å². The summed E-state index contributed by atoms with van der Waals surface area (Å²) in [5.41, 5.74) is 7.02. The number of carbonyl (C=O) groups excluding carboxylic acids is 1. The minimum atomic E-state index is -0.887. The molecule has 2 saturated carbocycles. The number of ether oxygens (including phenoxy) is 4. The van der Waals surface area contributed by atoms with Gasteiger partial charge < -0.3 is 28.6 Å². The molecule has 9 heteroatoms. The molecule has 2 aromatic rings. The van der Waals surface area contributed by atoms with Crippen LogP contribution in [0.3, 0.4) is 0 Å². The lowest BCUT2D eigenvalue weighted by Crippen LogP contribution is -2.26. The maximum Gasteiger partial charge on any atom is 0.547 e. The Bertz CT molecular complexity index is 911. The van der Waals surface area contributed by atoms with E-state index in [1.807, 2.05) is 36.4 Å². The minimum Gasteiger partial charge on any atom is -0.493 e. The van der Waals surface area contributed by atoms with Crippen molar-refractivity contribution < 1.29 is 33.4 Å². The predicted octanol–water partition coefficient (Wildman–Crippen LogP) is 5.21. The lowest BCUT2D eigenvalue weighted by molar-refractivity contribution is -0.0172. The molecule has 0 aromatic heterocycles. The van der Waals surface area contributed by atoms with Gasteiger partial charge in [0.05, 0.1) is 39.5 Å². The van der Waals surface area contributed by atoms with Crippen LogP contribution in [0, 0.1) is 0 Å². The summed E-state index contributed by atoms with van der Waals surface area (Å²) in [5.74, 6) is 2.77. The van der Waals surface area contributed by atoms with Crippen LogP contribution in [0.15, 0.2) is 36.4 Å². The molecular formula is C27H36N2O7. The van der Waals surface area contributed by atoms with Crippen molar-refractivity contribution in [2.24, 2.45) is 0 Å². The lowest BCUT2D eigenvalue weighted by Gasteiger charge is -2.17. The third kappa shape index (κ3) is 7.41. The maximum absolute atomic E-state index is 12.0. The van der Waals surface area contributed by atoms with Crippen LogP contribution in [0.2, 0.25) is 0 Å². The van der Waals surface area contributed by atoms with Gasteiger partial charge >= 0.3 is 6.16 Å². The van der Waals surface area contributed by atoms with Crippen LogP contribution in [0.1, 0.15) is 62.5 Å². The summed E-state index contributed by atoms with van der Waals surface area (Å²) >= 11 is 0. The zero-order valence-electron chi connectivity index (χ0n) is 21.0. The minimum absolute atomic E-state index is 0.218. The van der Waals surface area contributed by atoms with Crippen LogP contribution in [0.5, 0.6) is 23.0 Å². The Morgan fingerprint density at radius 1 is 0.694 bits per heavy atom. The molecule has 0 radical (unpaired) electrons. The standard InChI is InChI=1S/C27H36N2O7/c1-31-23-13-11-19(15-25(23)33-21-7-3-4-8-21)17-28-35-27(30)36-29-18-20-12-14-24(32-2)26(16-20)34-22-9-5-6-10-22/h11-16,21-22,28-29H,3-10,17-18H2,1-2H3. The van der Waals surface area contributed by atoms with Crippen LogP contribution in [0.25, 0.3) is 0 Å². The second-order valence-electron chi connectivity index (χ2n) is 9.12. The SMILES string of the molecule is COc1ccc(CNOC(=O)ONCc2ccc(OC)c(OC3CCCC3)c2)cc1OC1CCCC1. The van der Waals surface area contributed by atoms with Gasteiger partial charge in [0, 0.05) is 0 Å². The van der Waals surface area contributed by atoms with Crippen molar-refractivity contribution in [3.8, 4) is 23.0 Å². The number of rotatable bonds is 12. The van der Waals surface area contributed by atoms with Crippen LogP contribution in [-0.4, -0.2) is 32.6 Å². The Morgan fingerprint density at radius 2 is 1.11 bits per heavy atom. The van der Waals surface area contributed by atoms with Crippen molar-refractivity contribution in [2.75, 3.05) is 14.2 Å². The largest absolute Gasteiger partial charge is 0.547 e. The van der Waals surface area contributed by atoms with E-state index in [9.17, 15) is 4.79 Å². The summed E-state index contributed by atoms with van der Waals surface area (Å²) in [6.07, 6.45) is 8.51. The molecule has 2 aliphatic carbocycles. The number of hydrogen-bond donors (Lipinski definition) is 2. The molecule has 4 rings (SSSR count). The predicted molar refractivity (Wildman–Crippen MR) is 133 cm³/mol.